The highest BCUT2D eigenvalue weighted by atomic mass is 16.5. The maximum absolute atomic E-state index is 11.5. The summed E-state index contributed by atoms with van der Waals surface area (Å²) < 4.78 is 6.20. The number of benzene rings is 1. The fourth-order valence-corrected chi connectivity index (χ4v) is 5.29. The van der Waals surface area contributed by atoms with Crippen LogP contribution in [0.3, 0.4) is 0 Å². The van der Waals surface area contributed by atoms with Crippen LogP contribution in [0.25, 0.3) is 0 Å². The summed E-state index contributed by atoms with van der Waals surface area (Å²) >= 11 is 0. The summed E-state index contributed by atoms with van der Waals surface area (Å²) in [5, 5.41) is 0. The molecule has 29 heavy (non-hydrogen) atoms. The van der Waals surface area contributed by atoms with Crippen molar-refractivity contribution in [1.29, 1.82) is 0 Å². The second-order valence-corrected chi connectivity index (χ2v) is 9.68. The maximum atomic E-state index is 11.5. The predicted molar refractivity (Wildman–Crippen MR) is 120 cm³/mol. The second kappa shape index (κ2) is 9.21. The lowest BCUT2D eigenvalue weighted by atomic mass is 9.53. The van der Waals surface area contributed by atoms with Crippen molar-refractivity contribution in [2.75, 3.05) is 6.61 Å². The number of allylic oxidation sites excluding steroid dienone is 2. The van der Waals surface area contributed by atoms with Crippen LogP contribution < -0.4 is 4.74 Å². The number of ketones is 1. The van der Waals surface area contributed by atoms with Gasteiger partial charge in [0.05, 0.1) is 12.5 Å². The standard InChI is InChI=1S/C27H36O2/c1-5-9-24(18-21(2)28)23-11-13-25(14-12-23)29-20-22-10-8-17-27(19-22)16-7-6-15-26(27,3)4/h7,11-14,16,22,24H,6,8,10,15,17-20H2,1-4H3. The van der Waals surface area contributed by atoms with Crippen LogP contribution in [0, 0.1) is 28.6 Å². The molecule has 3 rings (SSSR count). The highest BCUT2D eigenvalue weighted by molar-refractivity contribution is 5.77. The maximum Gasteiger partial charge on any atom is 0.131 e. The van der Waals surface area contributed by atoms with Gasteiger partial charge in [0.15, 0.2) is 0 Å². The third-order valence-corrected chi connectivity index (χ3v) is 7.19. The van der Waals surface area contributed by atoms with Gasteiger partial charge in [-0.3, -0.25) is 4.79 Å². The van der Waals surface area contributed by atoms with Crippen LogP contribution >= 0.6 is 0 Å². The molecule has 1 spiro atoms. The monoisotopic (exact) mass is 392 g/mol. The molecule has 156 valence electrons. The predicted octanol–water partition coefficient (Wildman–Crippen LogP) is 6.70. The molecule has 0 heterocycles. The van der Waals surface area contributed by atoms with Crippen LogP contribution in [0.5, 0.6) is 5.75 Å². The molecular formula is C27H36O2. The molecule has 0 amide bonds. The molecule has 1 fully saturated rings. The number of carbonyl (C=O) groups is 1. The average molecular weight is 393 g/mol. The minimum Gasteiger partial charge on any atom is -0.493 e. The van der Waals surface area contributed by atoms with Crippen molar-refractivity contribution in [3.8, 4) is 17.6 Å². The van der Waals surface area contributed by atoms with E-state index >= 15 is 0 Å². The van der Waals surface area contributed by atoms with E-state index in [1.54, 1.807) is 6.92 Å². The molecule has 0 saturated heterocycles. The summed E-state index contributed by atoms with van der Waals surface area (Å²) in [7, 11) is 0. The lowest BCUT2D eigenvalue weighted by Crippen LogP contribution is -2.42. The minimum atomic E-state index is -0.0231. The van der Waals surface area contributed by atoms with E-state index in [2.05, 4.69) is 50.0 Å². The molecule has 2 aliphatic carbocycles. The molecule has 1 saturated carbocycles. The van der Waals surface area contributed by atoms with Crippen molar-refractivity contribution in [3.05, 3.63) is 42.0 Å². The van der Waals surface area contributed by atoms with Crippen molar-refractivity contribution in [2.45, 2.75) is 78.6 Å². The third kappa shape index (κ3) is 5.13. The summed E-state index contributed by atoms with van der Waals surface area (Å²) in [6.07, 6.45) is 13.0. The van der Waals surface area contributed by atoms with E-state index in [-0.39, 0.29) is 11.7 Å². The van der Waals surface area contributed by atoms with Gasteiger partial charge in [-0.15, -0.1) is 5.92 Å². The minimum absolute atomic E-state index is 0.0231. The number of Topliss-reactive ketones (excluding diaryl/α,β-unsaturated/α-hetero) is 1. The summed E-state index contributed by atoms with van der Waals surface area (Å²) in [5.41, 5.74) is 1.82. The molecule has 0 aliphatic heterocycles. The van der Waals surface area contributed by atoms with E-state index < -0.39 is 0 Å². The SMILES string of the molecule is CC#CC(CC(C)=O)c1ccc(OCC2CCCC3(C=CCCC3(C)C)C2)cc1. The molecule has 0 aromatic heterocycles. The number of hydrogen-bond acceptors (Lipinski definition) is 2. The Bertz CT molecular complexity index is 790. The molecule has 3 atom stereocenters. The quantitative estimate of drug-likeness (QED) is 0.397. The van der Waals surface area contributed by atoms with Gasteiger partial charge in [-0.2, -0.15) is 0 Å². The molecule has 1 aromatic carbocycles. The molecule has 3 unspecified atom stereocenters. The van der Waals surface area contributed by atoms with Gasteiger partial charge in [0.2, 0.25) is 0 Å². The zero-order chi connectivity index (χ0) is 20.9. The van der Waals surface area contributed by atoms with Gasteiger partial charge in [0, 0.05) is 6.42 Å². The van der Waals surface area contributed by atoms with E-state index in [4.69, 9.17) is 4.74 Å². The van der Waals surface area contributed by atoms with Gasteiger partial charge >= 0.3 is 0 Å². The van der Waals surface area contributed by atoms with Crippen LogP contribution in [0.15, 0.2) is 36.4 Å². The van der Waals surface area contributed by atoms with Crippen LogP contribution in [-0.2, 0) is 4.79 Å². The molecule has 0 radical (unpaired) electrons. The largest absolute Gasteiger partial charge is 0.493 e. The lowest BCUT2D eigenvalue weighted by molar-refractivity contribution is -0.117. The van der Waals surface area contributed by atoms with Gasteiger partial charge in [-0.05, 0) is 80.4 Å². The first-order chi connectivity index (χ1) is 13.9. The van der Waals surface area contributed by atoms with Gasteiger partial charge in [-0.1, -0.05) is 50.5 Å². The fraction of sp³-hybridized carbons (Fsp3) is 0.593. The number of carbonyl (C=O) groups excluding carboxylic acids is 1. The van der Waals surface area contributed by atoms with Gasteiger partial charge in [-0.25, -0.2) is 0 Å². The Kier molecular flexibility index (Phi) is 6.89. The Labute approximate surface area is 177 Å². The zero-order valence-corrected chi connectivity index (χ0v) is 18.6. The number of hydrogen-bond donors (Lipinski definition) is 0. The van der Waals surface area contributed by atoms with Crippen LogP contribution in [0.4, 0.5) is 0 Å². The normalized spacial score (nSPS) is 26.4. The summed E-state index contributed by atoms with van der Waals surface area (Å²) in [6.45, 7) is 9.15. The summed E-state index contributed by atoms with van der Waals surface area (Å²) in [4.78, 5) is 11.5. The highest BCUT2D eigenvalue weighted by Gasteiger charge is 2.46. The molecular weight excluding hydrogens is 356 g/mol. The second-order valence-electron chi connectivity index (χ2n) is 9.68. The molecule has 2 heteroatoms. The van der Waals surface area contributed by atoms with Crippen LogP contribution in [0.1, 0.15) is 84.1 Å². The fourth-order valence-electron chi connectivity index (χ4n) is 5.29. The first-order valence-electron chi connectivity index (χ1n) is 11.2. The van der Waals surface area contributed by atoms with Crippen molar-refractivity contribution < 1.29 is 9.53 Å². The van der Waals surface area contributed by atoms with Crippen LogP contribution in [0.2, 0.25) is 0 Å². The molecule has 0 bridgehead atoms. The van der Waals surface area contributed by atoms with E-state index in [0.29, 0.717) is 23.2 Å². The molecule has 0 N–H and O–H groups in total. The first-order valence-corrected chi connectivity index (χ1v) is 11.2. The summed E-state index contributed by atoms with van der Waals surface area (Å²) in [5.74, 6) is 7.78. The van der Waals surface area contributed by atoms with Gasteiger partial charge in [0.1, 0.15) is 11.5 Å². The van der Waals surface area contributed by atoms with Gasteiger partial charge < -0.3 is 4.74 Å². The Morgan fingerprint density at radius 1 is 1.24 bits per heavy atom. The Balaban J connectivity index is 1.61. The molecule has 2 aliphatic rings. The molecule has 2 nitrogen and oxygen atoms in total. The topological polar surface area (TPSA) is 26.3 Å². The highest BCUT2D eigenvalue weighted by Crippen LogP contribution is 2.56. The summed E-state index contributed by atoms with van der Waals surface area (Å²) in [6, 6.07) is 8.18. The van der Waals surface area contributed by atoms with E-state index in [1.807, 2.05) is 19.1 Å². The number of ether oxygens (including phenoxy) is 1. The smallest absolute Gasteiger partial charge is 0.131 e. The van der Waals surface area contributed by atoms with E-state index in [9.17, 15) is 4.79 Å². The van der Waals surface area contributed by atoms with Crippen molar-refractivity contribution in [2.24, 2.45) is 16.7 Å². The molecule has 1 aromatic rings. The van der Waals surface area contributed by atoms with Crippen molar-refractivity contribution in [3.63, 3.8) is 0 Å². The Morgan fingerprint density at radius 3 is 2.66 bits per heavy atom. The third-order valence-electron chi connectivity index (χ3n) is 7.19. The van der Waals surface area contributed by atoms with E-state index in [0.717, 1.165) is 17.9 Å². The zero-order valence-electron chi connectivity index (χ0n) is 18.6. The number of rotatable bonds is 6. The van der Waals surface area contributed by atoms with Crippen LogP contribution in [-0.4, -0.2) is 12.4 Å². The van der Waals surface area contributed by atoms with E-state index in [1.165, 1.54) is 38.5 Å². The Hall–Kier alpha value is -2.01. The lowest BCUT2D eigenvalue weighted by Gasteiger charge is -2.51. The Morgan fingerprint density at radius 2 is 2.00 bits per heavy atom. The first kappa shape index (κ1) is 21.7. The van der Waals surface area contributed by atoms with Crippen molar-refractivity contribution in [1.82, 2.24) is 0 Å². The average Bonchev–Trinajstić information content (AvgIpc) is 2.69. The van der Waals surface area contributed by atoms with Gasteiger partial charge in [0.25, 0.3) is 0 Å². The van der Waals surface area contributed by atoms with Crippen molar-refractivity contribution >= 4 is 5.78 Å².